The van der Waals surface area contributed by atoms with E-state index in [0.29, 0.717) is 66.2 Å². The zero-order valence-electron chi connectivity index (χ0n) is 23.6. The molecule has 1 heterocycles. The maximum Gasteiger partial charge on any atom is 0.257 e. The van der Waals surface area contributed by atoms with Crippen LogP contribution in [-0.4, -0.2) is 82.0 Å². The summed E-state index contributed by atoms with van der Waals surface area (Å²) in [6.45, 7) is 8.40. The summed E-state index contributed by atoms with van der Waals surface area (Å²) >= 11 is 0. The summed E-state index contributed by atoms with van der Waals surface area (Å²) in [6, 6.07) is 12.2. The molecule has 3 rings (SSSR count). The number of amidine groups is 1. The Kier molecular flexibility index (Phi) is 13.0. The molecule has 0 fully saturated rings. The first-order valence-corrected chi connectivity index (χ1v) is 12.7. The Morgan fingerprint density at radius 2 is 1.93 bits per heavy atom. The fraction of sp³-hybridized carbons (Fsp3) is 0.345. The van der Waals surface area contributed by atoms with Crippen molar-refractivity contribution < 1.29 is 28.6 Å². The third kappa shape index (κ3) is 10.7. The molecule has 11 nitrogen and oxygen atoms in total. The molecule has 2 aromatic carbocycles. The van der Waals surface area contributed by atoms with Crippen molar-refractivity contribution in [2.75, 3.05) is 40.8 Å². The zero-order valence-corrected chi connectivity index (χ0v) is 23.6. The number of nitrogens with one attached hydrogen (secondary N) is 2. The van der Waals surface area contributed by atoms with Gasteiger partial charge in [0.1, 0.15) is 35.4 Å². The van der Waals surface area contributed by atoms with Crippen LogP contribution in [0.25, 0.3) is 0 Å². The van der Waals surface area contributed by atoms with Crippen LogP contribution in [0.2, 0.25) is 0 Å². The van der Waals surface area contributed by atoms with Gasteiger partial charge in [-0.2, -0.15) is 0 Å². The van der Waals surface area contributed by atoms with Gasteiger partial charge in [-0.15, -0.1) is 0 Å². The van der Waals surface area contributed by atoms with Gasteiger partial charge in [0.15, 0.2) is 12.4 Å². The normalized spacial score (nSPS) is 13.7. The number of rotatable bonds is 10. The number of fused-ring (bicyclic) bond motifs is 1. The smallest absolute Gasteiger partial charge is 0.257 e. The van der Waals surface area contributed by atoms with E-state index in [-0.39, 0.29) is 11.8 Å². The molecule has 0 spiro atoms. The van der Waals surface area contributed by atoms with Gasteiger partial charge in [0.05, 0.1) is 18.3 Å². The molecule has 11 heteroatoms. The minimum absolute atomic E-state index is 0.0732. The van der Waals surface area contributed by atoms with Gasteiger partial charge < -0.3 is 29.7 Å². The number of nitrogens with zero attached hydrogens (tertiary/aromatic N) is 3. The second kappa shape index (κ2) is 16.5. The van der Waals surface area contributed by atoms with E-state index in [4.69, 9.17) is 14.2 Å². The molecule has 0 radical (unpaired) electrons. The molecule has 2 N–H and O–H groups in total. The molecule has 1 atom stereocenters. The number of ether oxygens (including phenoxy) is 3. The Hall–Kier alpha value is -4.51. The molecule has 0 saturated heterocycles. The lowest BCUT2D eigenvalue weighted by Gasteiger charge is -2.15. The first kappa shape index (κ1) is 31.7. The minimum Gasteiger partial charge on any atom is -0.491 e. The van der Waals surface area contributed by atoms with Crippen LogP contribution in [0.1, 0.15) is 30.6 Å². The van der Waals surface area contributed by atoms with Gasteiger partial charge in [0, 0.05) is 45.3 Å². The van der Waals surface area contributed by atoms with Crippen molar-refractivity contribution in [1.29, 1.82) is 0 Å². The first-order chi connectivity index (χ1) is 19.2. The summed E-state index contributed by atoms with van der Waals surface area (Å²) in [5, 5.41) is 5.50. The molecule has 1 unspecified atom stereocenters. The Labute approximate surface area is 234 Å². The van der Waals surface area contributed by atoms with Crippen LogP contribution in [0.15, 0.2) is 64.7 Å². The fourth-order valence-electron chi connectivity index (χ4n) is 3.32. The number of aliphatic imine (C=N–C) groups is 2. The molecular weight excluding hydrogens is 514 g/mol. The lowest BCUT2D eigenvalue weighted by atomic mass is 10.1. The standard InChI is InChI=1S/C21H24N2O5.C8H13N3O/c1-22-9-8-18(14-24)28-16-5-3-4-15(12-16)27-17-6-7-19-20(13-17)26-11-10-23(2)21(19)25;1-6(2)10-5-8(9-4)11-7(3)12/h3-7,12-14,18,22H,8-11H2,1-2H3;5H,1H2,2-4H3,(H,9,11,12). The van der Waals surface area contributed by atoms with Crippen molar-refractivity contribution in [3.8, 4) is 23.0 Å². The molecule has 1 aliphatic heterocycles. The number of hydrogen-bond donors (Lipinski definition) is 2. The third-order valence-corrected chi connectivity index (χ3v) is 5.33. The summed E-state index contributed by atoms with van der Waals surface area (Å²) in [5.74, 6) is 2.37. The van der Waals surface area contributed by atoms with Crippen LogP contribution in [-0.2, 0) is 9.59 Å². The second-order valence-electron chi connectivity index (χ2n) is 8.78. The molecular formula is C29H37N5O6. The predicted molar refractivity (Wildman–Crippen MR) is 155 cm³/mol. The molecule has 0 aromatic heterocycles. The van der Waals surface area contributed by atoms with E-state index in [0.717, 1.165) is 6.29 Å². The van der Waals surface area contributed by atoms with Crippen LogP contribution in [0.4, 0.5) is 0 Å². The fourth-order valence-corrected chi connectivity index (χ4v) is 3.32. The lowest BCUT2D eigenvalue weighted by molar-refractivity contribution is -0.117. The van der Waals surface area contributed by atoms with Crippen LogP contribution < -0.4 is 24.8 Å². The van der Waals surface area contributed by atoms with Crippen molar-refractivity contribution in [3.63, 3.8) is 0 Å². The molecule has 1 aliphatic rings. The van der Waals surface area contributed by atoms with E-state index in [1.165, 1.54) is 13.1 Å². The van der Waals surface area contributed by atoms with Gasteiger partial charge in [0.25, 0.3) is 5.91 Å². The third-order valence-electron chi connectivity index (χ3n) is 5.33. The number of likely N-dealkylation sites (N-methyl/N-ethyl adjacent to an activating group) is 1. The number of hydrogen-bond acceptors (Lipinski definition) is 9. The number of allylic oxidation sites excluding steroid dienone is 1. The number of carbonyl (C=O) groups excluding carboxylic acids is 3. The predicted octanol–water partition coefficient (Wildman–Crippen LogP) is 3.25. The maximum atomic E-state index is 12.3. The molecule has 0 aliphatic carbocycles. The topological polar surface area (TPSA) is 131 Å². The quantitative estimate of drug-likeness (QED) is 0.263. The Morgan fingerprint density at radius 1 is 1.20 bits per heavy atom. The van der Waals surface area contributed by atoms with Gasteiger partial charge in [0.2, 0.25) is 5.91 Å². The van der Waals surface area contributed by atoms with E-state index in [1.54, 1.807) is 68.4 Å². The van der Waals surface area contributed by atoms with Crippen molar-refractivity contribution in [2.45, 2.75) is 26.4 Å². The SMILES string of the molecule is C=C(C)N=CC(=NC)NC(C)=O.CNCCC(C=O)Oc1cccc(Oc2ccc3c(c2)OCCN(C)C3=O)c1. The number of amides is 2. The van der Waals surface area contributed by atoms with Crippen LogP contribution >= 0.6 is 0 Å². The Balaban J connectivity index is 0.000000395. The Morgan fingerprint density at radius 3 is 2.58 bits per heavy atom. The summed E-state index contributed by atoms with van der Waals surface area (Å²) < 4.78 is 17.3. The maximum absolute atomic E-state index is 12.3. The highest BCUT2D eigenvalue weighted by Gasteiger charge is 2.21. The minimum atomic E-state index is -0.522. The van der Waals surface area contributed by atoms with Gasteiger partial charge >= 0.3 is 0 Å². The van der Waals surface area contributed by atoms with Gasteiger partial charge in [-0.3, -0.25) is 24.4 Å². The first-order valence-electron chi connectivity index (χ1n) is 12.7. The van der Waals surface area contributed by atoms with E-state index >= 15 is 0 Å². The Bertz CT molecular complexity index is 1240. The van der Waals surface area contributed by atoms with Crippen molar-refractivity contribution >= 4 is 30.2 Å². The number of benzene rings is 2. The number of aldehydes is 1. The molecule has 0 saturated carbocycles. The van der Waals surface area contributed by atoms with Crippen LogP contribution in [0.3, 0.4) is 0 Å². The molecule has 0 bridgehead atoms. The zero-order chi connectivity index (χ0) is 29.5. The highest BCUT2D eigenvalue weighted by Crippen LogP contribution is 2.31. The van der Waals surface area contributed by atoms with Crippen LogP contribution in [0.5, 0.6) is 23.0 Å². The van der Waals surface area contributed by atoms with Crippen LogP contribution in [0, 0.1) is 0 Å². The average Bonchev–Trinajstić information content (AvgIpc) is 3.06. The van der Waals surface area contributed by atoms with Crippen molar-refractivity contribution in [2.24, 2.45) is 9.98 Å². The average molecular weight is 552 g/mol. The molecule has 2 amide bonds. The van der Waals surface area contributed by atoms with E-state index in [2.05, 4.69) is 27.2 Å². The molecule has 2 aromatic rings. The summed E-state index contributed by atoms with van der Waals surface area (Å²) in [4.78, 5) is 43.4. The summed E-state index contributed by atoms with van der Waals surface area (Å²) in [6.07, 6.45) is 2.31. The second-order valence-corrected chi connectivity index (χ2v) is 8.78. The molecule has 214 valence electrons. The largest absolute Gasteiger partial charge is 0.491 e. The summed E-state index contributed by atoms with van der Waals surface area (Å²) in [7, 11) is 5.15. The monoisotopic (exact) mass is 551 g/mol. The van der Waals surface area contributed by atoms with Gasteiger partial charge in [-0.1, -0.05) is 12.6 Å². The van der Waals surface area contributed by atoms with Crippen molar-refractivity contribution in [3.05, 3.63) is 60.3 Å². The molecule has 40 heavy (non-hydrogen) atoms. The van der Waals surface area contributed by atoms with Gasteiger partial charge in [-0.05, 0) is 44.8 Å². The van der Waals surface area contributed by atoms with E-state index < -0.39 is 6.10 Å². The van der Waals surface area contributed by atoms with E-state index in [1.807, 2.05) is 7.05 Å². The van der Waals surface area contributed by atoms with E-state index in [9.17, 15) is 14.4 Å². The van der Waals surface area contributed by atoms with Gasteiger partial charge in [-0.25, -0.2) is 0 Å². The highest BCUT2D eigenvalue weighted by atomic mass is 16.5. The van der Waals surface area contributed by atoms with Crippen molar-refractivity contribution in [1.82, 2.24) is 15.5 Å². The highest BCUT2D eigenvalue weighted by molar-refractivity contribution is 6.32. The summed E-state index contributed by atoms with van der Waals surface area (Å²) in [5.41, 5.74) is 1.18. The number of carbonyl (C=O) groups is 3. The lowest BCUT2D eigenvalue weighted by Crippen LogP contribution is -2.29.